The van der Waals surface area contributed by atoms with Crippen LogP contribution in [0.15, 0.2) is 0 Å². The second-order valence-electron chi connectivity index (χ2n) is 0. The summed E-state index contributed by atoms with van der Waals surface area (Å²) in [6.07, 6.45) is 0. The summed E-state index contributed by atoms with van der Waals surface area (Å²) in [6.45, 7) is 0. The molecular weight excluding hydrogens is 547 g/mol. The van der Waals surface area contributed by atoms with Crippen molar-refractivity contribution in [2.24, 2.45) is 0 Å². The van der Waals surface area contributed by atoms with Gasteiger partial charge in [-0.15, -0.1) is 0 Å². The van der Waals surface area contributed by atoms with Gasteiger partial charge in [-0.3, -0.25) is 0 Å². The van der Waals surface area contributed by atoms with Crippen LogP contribution < -0.4 is 0 Å². The Hall–Kier alpha value is 3.24. The van der Waals surface area contributed by atoms with Gasteiger partial charge in [0.15, 0.2) is 0 Å². The van der Waals surface area contributed by atoms with Gasteiger partial charge in [-0.2, -0.15) is 0 Å². The molecule has 0 atom stereocenters. The zero-order valence-corrected chi connectivity index (χ0v) is 14.7. The van der Waals surface area contributed by atoms with E-state index < -0.39 is 0 Å². The van der Waals surface area contributed by atoms with Crippen molar-refractivity contribution in [2.75, 3.05) is 0 Å². The number of rotatable bonds is 0. The van der Waals surface area contributed by atoms with Gasteiger partial charge in [0.2, 0.25) is 0 Å². The van der Waals surface area contributed by atoms with E-state index >= 15 is 0 Å². The van der Waals surface area contributed by atoms with Crippen LogP contribution in [0.3, 0.4) is 0 Å². The fourth-order valence-corrected chi connectivity index (χ4v) is 0. The second-order valence-corrected chi connectivity index (χ2v) is 0. The van der Waals surface area contributed by atoms with E-state index in [4.69, 9.17) is 0 Å². The van der Waals surface area contributed by atoms with E-state index in [1.54, 1.807) is 0 Å². The van der Waals surface area contributed by atoms with Crippen LogP contribution in [-0.4, -0.2) is 103 Å². The minimum atomic E-state index is 0. The van der Waals surface area contributed by atoms with Crippen LogP contribution in [0.25, 0.3) is 0 Å². The van der Waals surface area contributed by atoms with E-state index in [1.165, 1.54) is 0 Å². The maximum atomic E-state index is 0. The molecule has 0 N–H and O–H groups in total. The third kappa shape index (κ3) is 18.9. The molecule has 0 unspecified atom stereocenters. The zero-order valence-electron chi connectivity index (χ0n) is 2.45. The average Bonchev–Trinajstić information content (AvgIpc) is 0. The molecule has 21 valence electrons. The van der Waals surface area contributed by atoms with E-state index in [0.29, 0.717) is 0 Å². The van der Waals surface area contributed by atoms with Crippen molar-refractivity contribution < 1.29 is 0 Å². The maximum absolute atomic E-state index is 0. The van der Waals surface area contributed by atoms with Gasteiger partial charge in [0.05, 0.1) is 0 Å². The van der Waals surface area contributed by atoms with Gasteiger partial charge in [-0.25, -0.2) is 0 Å². The molecule has 0 aromatic rings. The molecule has 5 heavy (non-hydrogen) atoms. The third-order valence-electron chi connectivity index (χ3n) is 0. The predicted molar refractivity (Wildman–Crippen MR) is 28.8 cm³/mol. The Balaban J connectivity index is 0. The molecule has 0 aliphatic rings. The molecule has 0 saturated heterocycles. The summed E-state index contributed by atoms with van der Waals surface area (Å²) in [7, 11) is 0. The first-order valence-electron chi connectivity index (χ1n) is 0. The Morgan fingerprint density at radius 2 is 0.800 bits per heavy atom. The third-order valence-corrected chi connectivity index (χ3v) is 0. The first-order valence-corrected chi connectivity index (χ1v) is 0. The normalized spacial score (nSPS) is 0. The van der Waals surface area contributed by atoms with E-state index in [2.05, 4.69) is 0 Å². The van der Waals surface area contributed by atoms with Crippen molar-refractivity contribution in [2.45, 2.75) is 0 Å². The number of hydrogen-bond donors (Lipinski definition) is 0. The molecule has 0 amide bonds. The Morgan fingerprint density at radius 1 is 0.800 bits per heavy atom. The maximum Gasteiger partial charge on any atom is 0 e. The van der Waals surface area contributed by atoms with Crippen molar-refractivity contribution >= 4 is 103 Å². The molecule has 0 nitrogen and oxygen atoms in total. The van der Waals surface area contributed by atoms with Crippen LogP contribution >= 0.6 is 0 Å². The summed E-state index contributed by atoms with van der Waals surface area (Å²) in [5.41, 5.74) is 0. The number of hydrogen-bond acceptors (Lipinski definition) is 0. The largest absolute Gasteiger partial charge is 0 e. The van der Waals surface area contributed by atoms with E-state index in [9.17, 15) is 0 Å². The van der Waals surface area contributed by atoms with E-state index in [-0.39, 0.29) is 103 Å². The second kappa shape index (κ2) is 26.9. The molecule has 0 aliphatic carbocycles. The summed E-state index contributed by atoms with van der Waals surface area (Å²) >= 11 is 0. The van der Waals surface area contributed by atoms with Crippen LogP contribution in [0, 0.1) is 0 Å². The van der Waals surface area contributed by atoms with Gasteiger partial charge in [-0.1, -0.05) is 0 Å². The van der Waals surface area contributed by atoms with Crippen molar-refractivity contribution in [1.82, 2.24) is 0 Å². The van der Waals surface area contributed by atoms with Crippen LogP contribution in [0.4, 0.5) is 0 Å². The monoisotopic (exact) mass is 551 g/mol. The summed E-state index contributed by atoms with van der Waals surface area (Å²) in [5, 5.41) is 0. The molecule has 0 heterocycles. The Kier molecular flexibility index (Phi) is 221. The molecule has 0 bridgehead atoms. The SMILES string of the molecule is [Bi].[Ge].[Si].[Sn].[Sn]. The zero-order chi connectivity index (χ0) is 0. The predicted octanol–water partition coefficient (Wildman–Crippen LogP) is -1.90. The van der Waals surface area contributed by atoms with Crippen molar-refractivity contribution in [3.63, 3.8) is 0 Å². The van der Waals surface area contributed by atoms with Crippen LogP contribution in [0.1, 0.15) is 0 Å². The molecule has 19 radical (unpaired) electrons. The van der Waals surface area contributed by atoms with Gasteiger partial charge in [-0.05, 0) is 0 Å². The van der Waals surface area contributed by atoms with E-state index in [0.717, 1.165) is 0 Å². The standard InChI is InChI=1S/Bi.Ge.Si.2Sn. The summed E-state index contributed by atoms with van der Waals surface area (Å²) < 4.78 is 0. The van der Waals surface area contributed by atoms with Gasteiger partial charge >= 0.3 is 0 Å². The Morgan fingerprint density at radius 3 is 0.800 bits per heavy atom. The first-order chi connectivity index (χ1) is 0. The van der Waals surface area contributed by atoms with Crippen molar-refractivity contribution in [3.05, 3.63) is 0 Å². The van der Waals surface area contributed by atoms with Crippen LogP contribution in [0.5, 0.6) is 0 Å². The van der Waals surface area contributed by atoms with Gasteiger partial charge in [0.25, 0.3) is 0 Å². The summed E-state index contributed by atoms with van der Waals surface area (Å²) in [6, 6.07) is 0. The van der Waals surface area contributed by atoms with Gasteiger partial charge < -0.3 is 0 Å². The molecule has 0 rings (SSSR count). The smallest absolute Gasteiger partial charge is 0 e. The molecule has 0 saturated carbocycles. The molecule has 0 aromatic carbocycles. The first kappa shape index (κ1) is 41.1. The van der Waals surface area contributed by atoms with Crippen molar-refractivity contribution in [3.8, 4) is 0 Å². The van der Waals surface area contributed by atoms with Gasteiger partial charge in [0, 0.05) is 103 Å². The Labute approximate surface area is 101 Å². The van der Waals surface area contributed by atoms with Gasteiger partial charge in [0.1, 0.15) is 0 Å². The molecule has 0 aromatic heterocycles. The topological polar surface area (TPSA) is 0 Å². The fourth-order valence-electron chi connectivity index (χ4n) is 0. The Bertz CT molecular complexity index is 9.61. The molecule has 0 spiro atoms. The minimum Gasteiger partial charge on any atom is 0 e. The molecular formula is BiGeSiSn2. The van der Waals surface area contributed by atoms with Crippen molar-refractivity contribution in [1.29, 1.82) is 0 Å². The fraction of sp³-hybridized carbons (Fsp3) is 0. The van der Waals surface area contributed by atoms with E-state index in [1.807, 2.05) is 0 Å². The van der Waals surface area contributed by atoms with Crippen LogP contribution in [-0.2, 0) is 0 Å². The molecule has 0 fully saturated rings. The quantitative estimate of drug-likeness (QED) is 0.311. The summed E-state index contributed by atoms with van der Waals surface area (Å²) in [4.78, 5) is 0. The summed E-state index contributed by atoms with van der Waals surface area (Å²) in [5.74, 6) is 0. The molecule has 0 aliphatic heterocycles. The molecule has 5 heteroatoms. The minimum absolute atomic E-state index is 0. The average molecular weight is 547 g/mol. The van der Waals surface area contributed by atoms with Crippen LogP contribution in [0.2, 0.25) is 0 Å².